The summed E-state index contributed by atoms with van der Waals surface area (Å²) < 4.78 is 54.8. The lowest BCUT2D eigenvalue weighted by atomic mass is 9.97. The fourth-order valence-corrected chi connectivity index (χ4v) is 13.1. The van der Waals surface area contributed by atoms with Crippen molar-refractivity contribution in [2.75, 3.05) is 73.1 Å². The van der Waals surface area contributed by atoms with E-state index >= 15 is 0 Å². The number of carbonyl (C=O) groups is 10. The topological polar surface area (TPSA) is 568 Å². The van der Waals surface area contributed by atoms with Gasteiger partial charge in [-0.2, -0.15) is 0 Å². The first kappa shape index (κ1) is 98.0. The van der Waals surface area contributed by atoms with Gasteiger partial charge >= 0.3 is 7.82 Å². The molecule has 37 nitrogen and oxygen atoms in total. The van der Waals surface area contributed by atoms with Gasteiger partial charge in [-0.15, -0.1) is 0 Å². The van der Waals surface area contributed by atoms with Crippen molar-refractivity contribution >= 4 is 66.5 Å². The number of phosphoric acid groups is 1. The molecule has 3 aliphatic rings. The third-order valence-corrected chi connectivity index (χ3v) is 19.9. The number of aliphatic hydroxyl groups excluding tert-OH is 10. The van der Waals surface area contributed by atoms with Crippen molar-refractivity contribution in [3.05, 3.63) is 0 Å². The molecule has 18 N–H and O–H groups in total. The highest BCUT2D eigenvalue weighted by Crippen LogP contribution is 2.42. The Hall–Kier alpha value is -5.23. The molecular formula is C71H126N7O30P. The molecule has 0 saturated carbocycles. The summed E-state index contributed by atoms with van der Waals surface area (Å²) in [6.07, 6.45) is -6.57. The Balaban J connectivity index is 1.64. The second kappa shape index (κ2) is 55.3. The lowest BCUT2D eigenvalue weighted by Gasteiger charge is -2.42. The Kier molecular flexibility index (Phi) is 49.7. The van der Waals surface area contributed by atoms with Gasteiger partial charge in [0.1, 0.15) is 90.7 Å². The Morgan fingerprint density at radius 2 is 0.780 bits per heavy atom. The summed E-state index contributed by atoms with van der Waals surface area (Å²) in [5, 5.41) is 120. The van der Waals surface area contributed by atoms with Crippen LogP contribution in [0, 0.1) is 5.92 Å². The van der Waals surface area contributed by atoms with Crippen LogP contribution in [0.15, 0.2) is 0 Å². The maximum atomic E-state index is 14.5. The van der Waals surface area contributed by atoms with E-state index < -0.39 is 167 Å². The molecule has 3 saturated heterocycles. The molecule has 19 atom stereocenters. The normalized spacial score (nSPS) is 25.5. The molecule has 0 aromatic rings. The van der Waals surface area contributed by atoms with Gasteiger partial charge in [0.2, 0.25) is 41.4 Å². The summed E-state index contributed by atoms with van der Waals surface area (Å²) in [5.74, 6) is -3.98. The van der Waals surface area contributed by atoms with Crippen LogP contribution in [-0.4, -0.2) is 292 Å². The van der Waals surface area contributed by atoms with E-state index in [1.807, 2.05) is 0 Å². The highest BCUT2D eigenvalue weighted by Gasteiger charge is 2.48. The van der Waals surface area contributed by atoms with E-state index in [2.05, 4.69) is 41.7 Å². The van der Waals surface area contributed by atoms with Crippen LogP contribution >= 0.6 is 7.82 Å². The molecule has 3 aliphatic heterocycles. The number of rotatable bonds is 60. The predicted octanol–water partition coefficient (Wildman–Crippen LogP) is -1.54. The molecule has 0 aromatic carbocycles. The third-order valence-electron chi connectivity index (χ3n) is 18.9. The third kappa shape index (κ3) is 39.4. The molecule has 7 amide bonds. The van der Waals surface area contributed by atoms with E-state index in [0.717, 1.165) is 7.11 Å². The van der Waals surface area contributed by atoms with Gasteiger partial charge in [0.15, 0.2) is 24.7 Å². The minimum absolute atomic E-state index is 0.0450. The van der Waals surface area contributed by atoms with Gasteiger partial charge in [-0.1, -0.05) is 32.1 Å². The molecule has 109 heavy (non-hydrogen) atoms. The van der Waals surface area contributed by atoms with Crippen molar-refractivity contribution in [2.45, 2.75) is 311 Å². The smallest absolute Gasteiger partial charge is 0.396 e. The Labute approximate surface area is 637 Å². The van der Waals surface area contributed by atoms with Gasteiger partial charge in [0.05, 0.1) is 32.5 Å². The highest BCUT2D eigenvalue weighted by molar-refractivity contribution is 7.47. The van der Waals surface area contributed by atoms with Crippen LogP contribution in [0.4, 0.5) is 0 Å². The van der Waals surface area contributed by atoms with Crippen molar-refractivity contribution in [1.82, 2.24) is 37.2 Å². The number of ketones is 3. The molecule has 0 radical (unpaired) electrons. The number of carbonyl (C=O) groups excluding carboxylic acids is 10. The van der Waals surface area contributed by atoms with Crippen LogP contribution in [-0.2, 0) is 90.0 Å². The number of hydrogen-bond acceptors (Lipinski definition) is 29. The average Bonchev–Trinajstić information content (AvgIpc) is 0.821. The maximum absolute atomic E-state index is 14.5. The fraction of sp³-hybridized carbons (Fsp3) is 0.859. The second-order valence-electron chi connectivity index (χ2n) is 28.1. The zero-order chi connectivity index (χ0) is 80.8. The average molecular weight is 1590 g/mol. The molecule has 630 valence electrons. The van der Waals surface area contributed by atoms with Crippen LogP contribution < -0.4 is 37.2 Å². The van der Waals surface area contributed by atoms with Crippen molar-refractivity contribution in [3.63, 3.8) is 0 Å². The SMILES string of the molecule is COP(=O)(O)OCC[C@@H](CO)CC(=O)CCCCCNC(=O)CCCCCCC(=O)[C@H](CCCCNC(=O)CCCCO[C@@H]1O[C@H](CO)[C@H](O)[C@H](O)[C@H]1NC(C)=O)NC(=O)[C@H](CCCCCC(=O)CCCCO[C@@H]1O[C@H](CO)[C@H](O)[C@H](O)[C@H]1NC(C)=O)NC(=O)CCCCO[C@@H]1O[C@H](CO)[C@H](O)[C@H](O)[C@H]1NC(C)=O. The number of ether oxygens (including phenoxy) is 6. The van der Waals surface area contributed by atoms with Crippen LogP contribution in [0.1, 0.15) is 207 Å². The second-order valence-corrected chi connectivity index (χ2v) is 29.6. The van der Waals surface area contributed by atoms with E-state index in [9.17, 15) is 108 Å². The number of nitrogens with one attached hydrogen (secondary N) is 7. The summed E-state index contributed by atoms with van der Waals surface area (Å²) >= 11 is 0. The van der Waals surface area contributed by atoms with Gasteiger partial charge in [-0.05, 0) is 109 Å². The molecule has 0 bridgehead atoms. The molecule has 38 heteroatoms. The summed E-state index contributed by atoms with van der Waals surface area (Å²) in [4.78, 5) is 139. The van der Waals surface area contributed by atoms with Gasteiger partial charge in [0, 0.05) is 119 Å². The highest BCUT2D eigenvalue weighted by atomic mass is 31.2. The van der Waals surface area contributed by atoms with E-state index in [4.69, 9.17) is 32.9 Å². The lowest BCUT2D eigenvalue weighted by Crippen LogP contribution is -2.64. The monoisotopic (exact) mass is 1590 g/mol. The van der Waals surface area contributed by atoms with Crippen LogP contribution in [0.5, 0.6) is 0 Å². The Morgan fingerprint density at radius 1 is 0.413 bits per heavy atom. The Morgan fingerprint density at radius 3 is 1.21 bits per heavy atom. The zero-order valence-corrected chi connectivity index (χ0v) is 64.5. The van der Waals surface area contributed by atoms with Gasteiger partial charge in [0.25, 0.3) is 0 Å². The molecule has 3 heterocycles. The maximum Gasteiger partial charge on any atom is 0.471 e. The first-order valence-electron chi connectivity index (χ1n) is 38.4. The van der Waals surface area contributed by atoms with Crippen LogP contribution in [0.2, 0.25) is 0 Å². The van der Waals surface area contributed by atoms with E-state index in [-0.39, 0.29) is 152 Å². The van der Waals surface area contributed by atoms with Crippen molar-refractivity contribution in [1.29, 1.82) is 0 Å². The van der Waals surface area contributed by atoms with Crippen molar-refractivity contribution < 1.29 is 146 Å². The molecule has 0 spiro atoms. The minimum Gasteiger partial charge on any atom is -0.396 e. The number of phosphoric ester groups is 1. The predicted molar refractivity (Wildman–Crippen MR) is 386 cm³/mol. The quantitative estimate of drug-likeness (QED) is 0.0242. The summed E-state index contributed by atoms with van der Waals surface area (Å²) in [6, 6.07) is -5.58. The fourth-order valence-electron chi connectivity index (χ4n) is 12.6. The number of unbranched alkanes of at least 4 members (excludes halogenated alkanes) is 11. The number of amides is 7. The van der Waals surface area contributed by atoms with Crippen molar-refractivity contribution in [2.24, 2.45) is 5.92 Å². The van der Waals surface area contributed by atoms with Crippen LogP contribution in [0.3, 0.4) is 0 Å². The van der Waals surface area contributed by atoms with E-state index in [1.54, 1.807) is 0 Å². The molecule has 0 aromatic heterocycles. The molecule has 0 aliphatic carbocycles. The summed E-state index contributed by atoms with van der Waals surface area (Å²) in [5.41, 5.74) is 0. The Bertz CT molecular complexity index is 2750. The first-order valence-corrected chi connectivity index (χ1v) is 39.9. The largest absolute Gasteiger partial charge is 0.471 e. The number of hydrogen-bond donors (Lipinski definition) is 18. The lowest BCUT2D eigenvalue weighted by molar-refractivity contribution is -0.270. The molecule has 3 rings (SSSR count). The molecular weight excluding hydrogens is 1460 g/mol. The molecule has 3 fully saturated rings. The standard InChI is InChI=1S/C71H126N7O30P/c1-44(83)74-59-65(95)62(92)53(41-80)106-69(59)102-35-20-15-24-48(86)23-9-7-11-27-51(77-58(91)31-17-22-37-104-71-61(76-46(3)85)67(97)64(94)55(43-82)108-71)68(98)78-50(26-14-19-34-73-57(90)30-16-21-36-103-70-60(75-45(2)84)66(96)63(93)54(42-81)107-70)52(88)28-12-5-6-13-29-56(89)72-33-18-8-10-25-49(87)39-47(40-79)32-38-105-109(99,100)101-4/h47,50-51,53-55,59-67,69-71,79-82,92-97H,5-43H2,1-4H3,(H,72,89)(H,73,90)(H,74,83)(H,75,84)(H,76,85)(H,77,91)(H,78,98)(H,99,100)/t47-,50+,51+,53-,54-,55-,59-,60-,61-,62+,63+,64+,65-,66-,67-,69-,70-,71-/m1/s1. The zero-order valence-electron chi connectivity index (χ0n) is 63.6. The number of Topliss-reactive ketones (excluding diaryl/α,β-unsaturated/α-hetero) is 3. The number of aliphatic hydroxyl groups is 10. The van der Waals surface area contributed by atoms with Gasteiger partial charge < -0.3 is 122 Å². The van der Waals surface area contributed by atoms with Gasteiger partial charge in [-0.25, -0.2) is 4.57 Å². The van der Waals surface area contributed by atoms with E-state index in [1.165, 1.54) is 20.8 Å². The summed E-state index contributed by atoms with van der Waals surface area (Å²) in [7, 11) is -3.14. The van der Waals surface area contributed by atoms with Crippen LogP contribution in [0.25, 0.3) is 0 Å². The van der Waals surface area contributed by atoms with Gasteiger partial charge in [-0.3, -0.25) is 57.0 Å². The summed E-state index contributed by atoms with van der Waals surface area (Å²) in [6.45, 7) is 1.98. The minimum atomic E-state index is -4.17. The van der Waals surface area contributed by atoms with Crippen molar-refractivity contribution in [3.8, 4) is 0 Å². The first-order chi connectivity index (χ1) is 52.0. The molecule has 1 unspecified atom stereocenters. The van der Waals surface area contributed by atoms with E-state index in [0.29, 0.717) is 109 Å².